The summed E-state index contributed by atoms with van der Waals surface area (Å²) in [5.41, 5.74) is 7.35. The standard InChI is InChI=1S/C13H16F2N4O2/c1-3-9-12(16)17-18-19(9)7-8-4-5-10(21-13(14)15)11(6-8)20-2/h4-6,13H,3,7,16H2,1-2H3. The van der Waals surface area contributed by atoms with Gasteiger partial charge in [0.25, 0.3) is 0 Å². The van der Waals surface area contributed by atoms with Gasteiger partial charge in [0.05, 0.1) is 19.3 Å². The van der Waals surface area contributed by atoms with Crippen LogP contribution in [0.4, 0.5) is 14.6 Å². The molecule has 6 nitrogen and oxygen atoms in total. The van der Waals surface area contributed by atoms with E-state index < -0.39 is 6.61 Å². The Hall–Kier alpha value is -2.38. The number of rotatable bonds is 6. The van der Waals surface area contributed by atoms with E-state index in [9.17, 15) is 8.78 Å². The molecule has 0 bridgehead atoms. The van der Waals surface area contributed by atoms with Crippen molar-refractivity contribution < 1.29 is 18.3 Å². The molecule has 2 rings (SSSR count). The van der Waals surface area contributed by atoms with Gasteiger partial charge in [-0.1, -0.05) is 18.2 Å². The van der Waals surface area contributed by atoms with Gasteiger partial charge in [0, 0.05) is 0 Å². The number of ether oxygens (including phenoxy) is 2. The molecule has 0 radical (unpaired) electrons. The van der Waals surface area contributed by atoms with Crippen LogP contribution in [-0.2, 0) is 13.0 Å². The van der Waals surface area contributed by atoms with Crippen LogP contribution >= 0.6 is 0 Å². The summed E-state index contributed by atoms with van der Waals surface area (Å²) in [5.74, 6) is 0.617. The van der Waals surface area contributed by atoms with Crippen molar-refractivity contribution in [3.8, 4) is 11.5 Å². The summed E-state index contributed by atoms with van der Waals surface area (Å²) in [6, 6.07) is 4.72. The van der Waals surface area contributed by atoms with Crippen molar-refractivity contribution in [1.29, 1.82) is 0 Å². The molecule has 0 saturated heterocycles. The van der Waals surface area contributed by atoms with Crippen molar-refractivity contribution in [2.24, 2.45) is 0 Å². The number of hydrogen-bond donors (Lipinski definition) is 1. The fourth-order valence-corrected chi connectivity index (χ4v) is 2.01. The third kappa shape index (κ3) is 3.39. The molecule has 0 spiro atoms. The van der Waals surface area contributed by atoms with E-state index in [1.165, 1.54) is 13.2 Å². The highest BCUT2D eigenvalue weighted by Crippen LogP contribution is 2.29. The highest BCUT2D eigenvalue weighted by atomic mass is 19.3. The minimum Gasteiger partial charge on any atom is -0.493 e. The predicted molar refractivity (Wildman–Crippen MR) is 72.5 cm³/mol. The number of methoxy groups -OCH3 is 1. The van der Waals surface area contributed by atoms with Crippen LogP contribution < -0.4 is 15.2 Å². The molecule has 2 N–H and O–H groups in total. The van der Waals surface area contributed by atoms with Gasteiger partial charge < -0.3 is 15.2 Å². The molecule has 1 aromatic carbocycles. The number of benzene rings is 1. The topological polar surface area (TPSA) is 75.2 Å². The maximum absolute atomic E-state index is 12.3. The summed E-state index contributed by atoms with van der Waals surface area (Å²) in [5, 5.41) is 7.78. The van der Waals surface area contributed by atoms with E-state index in [1.807, 2.05) is 6.92 Å². The average Bonchev–Trinajstić information content (AvgIpc) is 2.80. The highest BCUT2D eigenvalue weighted by Gasteiger charge is 2.13. The Bertz CT molecular complexity index is 616. The molecular weight excluding hydrogens is 282 g/mol. The molecule has 2 aromatic rings. The third-order valence-corrected chi connectivity index (χ3v) is 2.98. The second-order valence-corrected chi connectivity index (χ2v) is 4.30. The van der Waals surface area contributed by atoms with Crippen molar-refractivity contribution in [1.82, 2.24) is 15.0 Å². The molecule has 0 aliphatic carbocycles. The van der Waals surface area contributed by atoms with Crippen LogP contribution in [0.5, 0.6) is 11.5 Å². The summed E-state index contributed by atoms with van der Waals surface area (Å²) in [6.45, 7) is -0.531. The third-order valence-electron chi connectivity index (χ3n) is 2.98. The lowest BCUT2D eigenvalue weighted by Gasteiger charge is -2.12. The normalized spacial score (nSPS) is 10.9. The SMILES string of the molecule is CCc1c(N)nnn1Cc1ccc(OC(F)F)c(OC)c1. The fourth-order valence-electron chi connectivity index (χ4n) is 2.01. The number of alkyl halides is 2. The Morgan fingerprint density at radius 2 is 2.10 bits per heavy atom. The zero-order chi connectivity index (χ0) is 15.4. The molecule has 0 amide bonds. The summed E-state index contributed by atoms with van der Waals surface area (Å²) in [6.07, 6.45) is 0.697. The first-order valence-electron chi connectivity index (χ1n) is 6.34. The van der Waals surface area contributed by atoms with Crippen molar-refractivity contribution in [3.63, 3.8) is 0 Å². The van der Waals surface area contributed by atoms with E-state index in [1.54, 1.807) is 16.8 Å². The molecule has 1 heterocycles. The van der Waals surface area contributed by atoms with Crippen LogP contribution in [0.3, 0.4) is 0 Å². The summed E-state index contributed by atoms with van der Waals surface area (Å²) >= 11 is 0. The van der Waals surface area contributed by atoms with Crippen molar-refractivity contribution in [2.75, 3.05) is 12.8 Å². The molecule has 0 saturated carbocycles. The monoisotopic (exact) mass is 298 g/mol. The van der Waals surface area contributed by atoms with Gasteiger partial charge >= 0.3 is 6.61 Å². The zero-order valence-electron chi connectivity index (χ0n) is 11.7. The molecule has 1 aromatic heterocycles. The first-order valence-corrected chi connectivity index (χ1v) is 6.34. The molecule has 0 unspecified atom stereocenters. The van der Waals surface area contributed by atoms with E-state index >= 15 is 0 Å². The van der Waals surface area contributed by atoms with E-state index in [-0.39, 0.29) is 11.5 Å². The summed E-state index contributed by atoms with van der Waals surface area (Å²) in [4.78, 5) is 0. The number of aromatic nitrogens is 3. The van der Waals surface area contributed by atoms with Gasteiger partial charge in [0.1, 0.15) is 0 Å². The number of hydrogen-bond acceptors (Lipinski definition) is 5. The maximum atomic E-state index is 12.3. The molecule has 0 aliphatic heterocycles. The van der Waals surface area contributed by atoms with E-state index in [4.69, 9.17) is 10.5 Å². The molecular formula is C13H16F2N4O2. The minimum absolute atomic E-state index is 0.00920. The van der Waals surface area contributed by atoms with E-state index in [0.717, 1.165) is 11.3 Å². The van der Waals surface area contributed by atoms with E-state index in [0.29, 0.717) is 18.8 Å². The van der Waals surface area contributed by atoms with Gasteiger partial charge in [0.2, 0.25) is 0 Å². The fraction of sp³-hybridized carbons (Fsp3) is 0.385. The first kappa shape index (κ1) is 15.0. The van der Waals surface area contributed by atoms with Crippen molar-refractivity contribution >= 4 is 5.82 Å². The Morgan fingerprint density at radius 3 is 2.71 bits per heavy atom. The van der Waals surface area contributed by atoms with Crippen molar-refractivity contribution in [3.05, 3.63) is 29.5 Å². The van der Waals surface area contributed by atoms with E-state index in [2.05, 4.69) is 15.0 Å². The molecule has 0 fully saturated rings. The number of anilines is 1. The van der Waals surface area contributed by atoms with Gasteiger partial charge in [-0.15, -0.1) is 5.10 Å². The Balaban J connectivity index is 2.24. The zero-order valence-corrected chi connectivity index (χ0v) is 11.7. The maximum Gasteiger partial charge on any atom is 0.387 e. The van der Waals surface area contributed by atoms with Gasteiger partial charge in [0.15, 0.2) is 17.3 Å². The molecule has 8 heteroatoms. The summed E-state index contributed by atoms with van der Waals surface area (Å²) < 4.78 is 35.6. The second-order valence-electron chi connectivity index (χ2n) is 4.30. The van der Waals surface area contributed by atoms with Gasteiger partial charge in [-0.05, 0) is 24.1 Å². The Kier molecular flexibility index (Phi) is 4.56. The number of nitrogens with two attached hydrogens (primary N) is 1. The van der Waals surface area contributed by atoms with Crippen molar-refractivity contribution in [2.45, 2.75) is 26.5 Å². The van der Waals surface area contributed by atoms with Gasteiger partial charge in [-0.3, -0.25) is 0 Å². The average molecular weight is 298 g/mol. The van der Waals surface area contributed by atoms with Crippen LogP contribution in [0, 0.1) is 0 Å². The van der Waals surface area contributed by atoms with Crippen LogP contribution in [0.2, 0.25) is 0 Å². The molecule has 21 heavy (non-hydrogen) atoms. The lowest BCUT2D eigenvalue weighted by molar-refractivity contribution is -0.0512. The molecule has 114 valence electrons. The highest BCUT2D eigenvalue weighted by molar-refractivity contribution is 5.43. The summed E-state index contributed by atoms with van der Waals surface area (Å²) in [7, 11) is 1.39. The molecule has 0 aliphatic rings. The van der Waals surface area contributed by atoms with Crippen LogP contribution in [-0.4, -0.2) is 28.7 Å². The quantitative estimate of drug-likeness (QED) is 0.883. The Labute approximate surface area is 120 Å². The second kappa shape index (κ2) is 6.38. The number of nitrogen functional groups attached to an aromatic ring is 1. The largest absolute Gasteiger partial charge is 0.493 e. The van der Waals surface area contributed by atoms with Gasteiger partial charge in [-0.2, -0.15) is 8.78 Å². The predicted octanol–water partition coefficient (Wildman–Crippen LogP) is 2.08. The number of halogens is 2. The first-order chi connectivity index (χ1) is 10.0. The minimum atomic E-state index is -2.90. The Morgan fingerprint density at radius 1 is 1.33 bits per heavy atom. The van der Waals surface area contributed by atoms with Gasteiger partial charge in [-0.25, -0.2) is 4.68 Å². The van der Waals surface area contributed by atoms with Crippen LogP contribution in [0.25, 0.3) is 0 Å². The lowest BCUT2D eigenvalue weighted by Crippen LogP contribution is -2.08. The van der Waals surface area contributed by atoms with Crippen LogP contribution in [0.1, 0.15) is 18.2 Å². The lowest BCUT2D eigenvalue weighted by atomic mass is 10.2. The van der Waals surface area contributed by atoms with Crippen LogP contribution in [0.15, 0.2) is 18.2 Å². The number of nitrogens with zero attached hydrogens (tertiary/aromatic N) is 3. The smallest absolute Gasteiger partial charge is 0.387 e. The molecule has 0 atom stereocenters.